The largest absolute Gasteiger partial charge is 0.385 e. The molecule has 0 aromatic carbocycles. The first-order chi connectivity index (χ1) is 8.25. The van der Waals surface area contributed by atoms with Gasteiger partial charge in [-0.1, -0.05) is 12.8 Å². The Morgan fingerprint density at radius 1 is 1.29 bits per heavy atom. The average Bonchev–Trinajstić information content (AvgIpc) is 2.62. The predicted octanol–water partition coefficient (Wildman–Crippen LogP) is 1.40. The lowest BCUT2D eigenvalue weighted by molar-refractivity contribution is -0.125. The molecule has 1 unspecified atom stereocenters. The molecule has 1 heterocycles. The van der Waals surface area contributed by atoms with Crippen LogP contribution >= 0.6 is 0 Å². The van der Waals surface area contributed by atoms with E-state index >= 15 is 0 Å². The van der Waals surface area contributed by atoms with Crippen molar-refractivity contribution in [1.82, 2.24) is 10.2 Å². The lowest BCUT2D eigenvalue weighted by Gasteiger charge is -2.26. The van der Waals surface area contributed by atoms with Crippen LogP contribution in [0.2, 0.25) is 0 Å². The van der Waals surface area contributed by atoms with Gasteiger partial charge in [0.2, 0.25) is 5.91 Å². The molecule has 100 valence electrons. The smallest absolute Gasteiger partial charge is 0.237 e. The standard InChI is InChI=1S/C13H26N2O2/c1-12(13(16)14-8-7-11-17-2)15-9-5-3-4-6-10-15/h12H,3-11H2,1-2H3,(H,14,16). The van der Waals surface area contributed by atoms with Crippen LogP contribution < -0.4 is 5.32 Å². The number of likely N-dealkylation sites (tertiary alicyclic amines) is 1. The minimum Gasteiger partial charge on any atom is -0.385 e. The molecule has 0 aromatic rings. The number of nitrogens with zero attached hydrogens (tertiary/aromatic N) is 1. The highest BCUT2D eigenvalue weighted by molar-refractivity contribution is 5.81. The molecule has 1 atom stereocenters. The number of hydrogen-bond donors (Lipinski definition) is 1. The van der Waals surface area contributed by atoms with E-state index in [2.05, 4.69) is 10.2 Å². The Labute approximate surface area is 105 Å². The molecular formula is C13H26N2O2. The molecule has 4 heteroatoms. The molecule has 0 saturated carbocycles. The van der Waals surface area contributed by atoms with Gasteiger partial charge in [-0.2, -0.15) is 0 Å². The summed E-state index contributed by atoms with van der Waals surface area (Å²) in [5, 5.41) is 2.97. The van der Waals surface area contributed by atoms with Gasteiger partial charge in [0.1, 0.15) is 0 Å². The first-order valence-corrected chi connectivity index (χ1v) is 6.76. The molecule has 1 rings (SSSR count). The van der Waals surface area contributed by atoms with Crippen molar-refractivity contribution in [3.05, 3.63) is 0 Å². The van der Waals surface area contributed by atoms with Crippen LogP contribution in [-0.2, 0) is 9.53 Å². The van der Waals surface area contributed by atoms with Crippen molar-refractivity contribution >= 4 is 5.91 Å². The summed E-state index contributed by atoms with van der Waals surface area (Å²) in [6, 6.07) is 0.00986. The Morgan fingerprint density at radius 3 is 2.53 bits per heavy atom. The van der Waals surface area contributed by atoms with E-state index in [1.54, 1.807) is 7.11 Å². The molecule has 1 aliphatic heterocycles. The fourth-order valence-corrected chi connectivity index (χ4v) is 2.22. The summed E-state index contributed by atoms with van der Waals surface area (Å²) in [5.41, 5.74) is 0. The second kappa shape index (κ2) is 8.48. The van der Waals surface area contributed by atoms with Crippen LogP contribution in [0.5, 0.6) is 0 Å². The summed E-state index contributed by atoms with van der Waals surface area (Å²) in [5.74, 6) is 0.156. The molecule has 4 nitrogen and oxygen atoms in total. The van der Waals surface area contributed by atoms with E-state index < -0.39 is 0 Å². The van der Waals surface area contributed by atoms with E-state index in [-0.39, 0.29) is 11.9 Å². The van der Waals surface area contributed by atoms with E-state index in [0.717, 1.165) is 19.5 Å². The van der Waals surface area contributed by atoms with Crippen LogP contribution in [-0.4, -0.2) is 50.2 Å². The Bertz CT molecular complexity index is 213. The fourth-order valence-electron chi connectivity index (χ4n) is 2.22. The average molecular weight is 242 g/mol. The normalized spacial score (nSPS) is 19.6. The van der Waals surface area contributed by atoms with Crippen LogP contribution in [0, 0.1) is 0 Å². The van der Waals surface area contributed by atoms with Crippen LogP contribution in [0.1, 0.15) is 39.0 Å². The molecule has 0 bridgehead atoms. The highest BCUT2D eigenvalue weighted by atomic mass is 16.5. The maximum Gasteiger partial charge on any atom is 0.237 e. The molecule has 0 radical (unpaired) electrons. The van der Waals surface area contributed by atoms with E-state index in [4.69, 9.17) is 4.74 Å². The predicted molar refractivity (Wildman–Crippen MR) is 69.0 cm³/mol. The lowest BCUT2D eigenvalue weighted by Crippen LogP contribution is -2.45. The zero-order chi connectivity index (χ0) is 12.5. The van der Waals surface area contributed by atoms with Gasteiger partial charge in [-0.05, 0) is 39.3 Å². The molecule has 1 amide bonds. The number of ether oxygens (including phenoxy) is 1. The summed E-state index contributed by atoms with van der Waals surface area (Å²) in [6.07, 6.45) is 5.94. The Hall–Kier alpha value is -0.610. The third kappa shape index (κ3) is 5.50. The van der Waals surface area contributed by atoms with Crippen LogP contribution in [0.3, 0.4) is 0 Å². The maximum atomic E-state index is 11.9. The third-order valence-corrected chi connectivity index (χ3v) is 3.39. The first kappa shape index (κ1) is 14.5. The molecule has 0 spiro atoms. The first-order valence-electron chi connectivity index (χ1n) is 6.76. The highest BCUT2D eigenvalue weighted by Crippen LogP contribution is 2.12. The second-order valence-corrected chi connectivity index (χ2v) is 4.76. The van der Waals surface area contributed by atoms with Crippen LogP contribution in [0.25, 0.3) is 0 Å². The van der Waals surface area contributed by atoms with Gasteiger partial charge < -0.3 is 10.1 Å². The van der Waals surface area contributed by atoms with Crippen molar-refractivity contribution in [2.45, 2.75) is 45.1 Å². The number of nitrogens with one attached hydrogen (secondary N) is 1. The van der Waals surface area contributed by atoms with E-state index in [1.165, 1.54) is 25.7 Å². The van der Waals surface area contributed by atoms with Gasteiger partial charge in [0.25, 0.3) is 0 Å². The number of carbonyl (C=O) groups is 1. The summed E-state index contributed by atoms with van der Waals surface area (Å²) >= 11 is 0. The minimum absolute atomic E-state index is 0.00986. The SMILES string of the molecule is COCCCNC(=O)C(C)N1CCCCCC1. The molecule has 1 aliphatic rings. The Morgan fingerprint density at radius 2 is 1.94 bits per heavy atom. The molecular weight excluding hydrogens is 216 g/mol. The maximum absolute atomic E-state index is 11.9. The summed E-state index contributed by atoms with van der Waals surface area (Å²) in [7, 11) is 1.68. The molecule has 1 fully saturated rings. The van der Waals surface area contributed by atoms with Crippen molar-refractivity contribution in [1.29, 1.82) is 0 Å². The van der Waals surface area contributed by atoms with E-state index in [1.807, 2.05) is 6.92 Å². The second-order valence-electron chi connectivity index (χ2n) is 4.76. The van der Waals surface area contributed by atoms with E-state index in [0.29, 0.717) is 13.2 Å². The Balaban J connectivity index is 2.24. The number of methoxy groups -OCH3 is 1. The van der Waals surface area contributed by atoms with E-state index in [9.17, 15) is 4.79 Å². The van der Waals surface area contributed by atoms with Gasteiger partial charge in [-0.25, -0.2) is 0 Å². The van der Waals surface area contributed by atoms with Gasteiger partial charge in [-0.15, -0.1) is 0 Å². The number of hydrogen-bond acceptors (Lipinski definition) is 3. The summed E-state index contributed by atoms with van der Waals surface area (Å²) in [6.45, 7) is 5.56. The van der Waals surface area contributed by atoms with Crippen molar-refractivity contribution < 1.29 is 9.53 Å². The van der Waals surface area contributed by atoms with Gasteiger partial charge in [0.05, 0.1) is 6.04 Å². The molecule has 17 heavy (non-hydrogen) atoms. The molecule has 0 aromatic heterocycles. The molecule has 0 aliphatic carbocycles. The topological polar surface area (TPSA) is 41.6 Å². The minimum atomic E-state index is 0.00986. The van der Waals surface area contributed by atoms with Gasteiger partial charge >= 0.3 is 0 Å². The lowest BCUT2D eigenvalue weighted by atomic mass is 10.2. The summed E-state index contributed by atoms with van der Waals surface area (Å²) < 4.78 is 4.96. The van der Waals surface area contributed by atoms with Gasteiger partial charge in [0.15, 0.2) is 0 Å². The van der Waals surface area contributed by atoms with Crippen LogP contribution in [0.4, 0.5) is 0 Å². The molecule has 1 N–H and O–H groups in total. The third-order valence-electron chi connectivity index (χ3n) is 3.39. The van der Waals surface area contributed by atoms with Gasteiger partial charge in [0, 0.05) is 20.3 Å². The monoisotopic (exact) mass is 242 g/mol. The number of rotatable bonds is 6. The fraction of sp³-hybridized carbons (Fsp3) is 0.923. The van der Waals surface area contributed by atoms with Crippen LogP contribution in [0.15, 0.2) is 0 Å². The zero-order valence-corrected chi connectivity index (χ0v) is 11.2. The van der Waals surface area contributed by atoms with Crippen molar-refractivity contribution in [2.75, 3.05) is 33.4 Å². The van der Waals surface area contributed by atoms with Crippen molar-refractivity contribution in [3.8, 4) is 0 Å². The zero-order valence-electron chi connectivity index (χ0n) is 11.2. The van der Waals surface area contributed by atoms with Gasteiger partial charge in [-0.3, -0.25) is 9.69 Å². The molecule has 1 saturated heterocycles. The number of carbonyl (C=O) groups excluding carboxylic acids is 1. The number of amides is 1. The summed E-state index contributed by atoms with van der Waals surface area (Å²) in [4.78, 5) is 14.2. The highest BCUT2D eigenvalue weighted by Gasteiger charge is 2.21. The van der Waals surface area contributed by atoms with Crippen molar-refractivity contribution in [3.63, 3.8) is 0 Å². The quantitative estimate of drug-likeness (QED) is 0.716. The van der Waals surface area contributed by atoms with Crippen molar-refractivity contribution in [2.24, 2.45) is 0 Å². The Kier molecular flexibility index (Phi) is 7.21.